The summed E-state index contributed by atoms with van der Waals surface area (Å²) in [7, 11) is 4.12. The Balaban J connectivity index is 1.65. The van der Waals surface area contributed by atoms with Crippen LogP contribution in [0.15, 0.2) is 0 Å². The lowest BCUT2D eigenvalue weighted by Gasteiger charge is -2.32. The van der Waals surface area contributed by atoms with Crippen LogP contribution < -0.4 is 5.32 Å². The van der Waals surface area contributed by atoms with Gasteiger partial charge in [0.1, 0.15) is 0 Å². The molecule has 1 N–H and O–H groups in total. The monoisotopic (exact) mass is 295 g/mol. The maximum atomic E-state index is 12.2. The number of hydrogen-bond donors (Lipinski definition) is 1. The van der Waals surface area contributed by atoms with Crippen molar-refractivity contribution in [2.24, 2.45) is 17.8 Å². The lowest BCUT2D eigenvalue weighted by Crippen LogP contribution is -2.43. The molecule has 2 amide bonds. The van der Waals surface area contributed by atoms with Crippen LogP contribution in [0.4, 0.5) is 4.79 Å². The Hall–Kier alpha value is -0.770. The van der Waals surface area contributed by atoms with Crippen molar-refractivity contribution in [2.75, 3.05) is 40.3 Å². The molecule has 0 aromatic carbocycles. The van der Waals surface area contributed by atoms with E-state index in [1.54, 1.807) is 0 Å². The van der Waals surface area contributed by atoms with Crippen LogP contribution in [-0.4, -0.2) is 56.1 Å². The van der Waals surface area contributed by atoms with Crippen molar-refractivity contribution >= 4 is 6.03 Å². The lowest BCUT2D eigenvalue weighted by atomic mass is 9.82. The van der Waals surface area contributed by atoms with E-state index < -0.39 is 0 Å². The van der Waals surface area contributed by atoms with E-state index in [4.69, 9.17) is 0 Å². The van der Waals surface area contributed by atoms with Crippen molar-refractivity contribution in [3.05, 3.63) is 0 Å². The van der Waals surface area contributed by atoms with Gasteiger partial charge in [-0.2, -0.15) is 0 Å². The first-order chi connectivity index (χ1) is 10.0. The topological polar surface area (TPSA) is 35.6 Å². The second-order valence-corrected chi connectivity index (χ2v) is 7.45. The molecule has 2 fully saturated rings. The summed E-state index contributed by atoms with van der Waals surface area (Å²) in [5.74, 6) is 2.19. The molecule has 2 atom stereocenters. The van der Waals surface area contributed by atoms with Crippen LogP contribution in [0.25, 0.3) is 0 Å². The summed E-state index contributed by atoms with van der Waals surface area (Å²) in [5.41, 5.74) is 0. The molecule has 1 aliphatic heterocycles. The van der Waals surface area contributed by atoms with Gasteiger partial charge in [-0.15, -0.1) is 0 Å². The molecule has 1 saturated heterocycles. The van der Waals surface area contributed by atoms with Crippen LogP contribution in [0.2, 0.25) is 0 Å². The molecule has 0 radical (unpaired) electrons. The molecule has 2 rings (SSSR count). The third-order valence-corrected chi connectivity index (χ3v) is 5.30. The van der Waals surface area contributed by atoms with E-state index in [0.717, 1.165) is 19.0 Å². The fraction of sp³-hybridized carbons (Fsp3) is 0.941. The highest BCUT2D eigenvalue weighted by Crippen LogP contribution is 2.27. The van der Waals surface area contributed by atoms with Crippen molar-refractivity contribution in [1.29, 1.82) is 0 Å². The maximum absolute atomic E-state index is 12.2. The van der Waals surface area contributed by atoms with Crippen molar-refractivity contribution in [3.8, 4) is 0 Å². The molecule has 1 aliphatic carbocycles. The Morgan fingerprint density at radius 2 is 1.90 bits per heavy atom. The van der Waals surface area contributed by atoms with Crippen LogP contribution in [0.5, 0.6) is 0 Å². The highest BCUT2D eigenvalue weighted by molar-refractivity contribution is 5.73. The smallest absolute Gasteiger partial charge is 0.317 e. The summed E-state index contributed by atoms with van der Waals surface area (Å²) in [4.78, 5) is 16.5. The van der Waals surface area contributed by atoms with E-state index in [-0.39, 0.29) is 6.03 Å². The van der Waals surface area contributed by atoms with Gasteiger partial charge in [0.2, 0.25) is 0 Å². The Morgan fingerprint density at radius 1 is 1.19 bits per heavy atom. The van der Waals surface area contributed by atoms with Crippen LogP contribution in [0.3, 0.4) is 0 Å². The fourth-order valence-electron chi connectivity index (χ4n) is 3.83. The normalized spacial score (nSPS) is 28.3. The number of likely N-dealkylation sites (tertiary alicyclic amines) is 1. The van der Waals surface area contributed by atoms with Gasteiger partial charge in [0, 0.05) is 20.1 Å². The molecule has 0 aromatic rings. The maximum Gasteiger partial charge on any atom is 0.317 e. The molecule has 21 heavy (non-hydrogen) atoms. The highest BCUT2D eigenvalue weighted by atomic mass is 16.2. The number of urea groups is 1. The molecule has 0 aromatic heterocycles. The second-order valence-electron chi connectivity index (χ2n) is 7.45. The van der Waals surface area contributed by atoms with E-state index in [9.17, 15) is 4.79 Å². The number of carbonyl (C=O) groups is 1. The van der Waals surface area contributed by atoms with Gasteiger partial charge in [-0.25, -0.2) is 4.79 Å². The predicted octanol–water partition coefficient (Wildman–Crippen LogP) is 2.80. The zero-order valence-electron chi connectivity index (χ0n) is 14.1. The molecule has 4 nitrogen and oxygen atoms in total. The third kappa shape index (κ3) is 5.50. The largest absolute Gasteiger partial charge is 0.338 e. The van der Waals surface area contributed by atoms with Gasteiger partial charge in [0.15, 0.2) is 0 Å². The minimum absolute atomic E-state index is 0.118. The molecule has 1 heterocycles. The molecule has 0 bridgehead atoms. The van der Waals surface area contributed by atoms with Crippen LogP contribution in [-0.2, 0) is 0 Å². The molecule has 1 saturated carbocycles. The van der Waals surface area contributed by atoms with Crippen LogP contribution in [0, 0.1) is 17.8 Å². The van der Waals surface area contributed by atoms with Gasteiger partial charge >= 0.3 is 6.03 Å². The minimum atomic E-state index is 0.118. The van der Waals surface area contributed by atoms with Crippen LogP contribution >= 0.6 is 0 Å². The number of amides is 2. The predicted molar refractivity (Wildman–Crippen MR) is 87.4 cm³/mol. The average Bonchev–Trinajstić information content (AvgIpc) is 2.47. The summed E-state index contributed by atoms with van der Waals surface area (Å²) in [6.45, 7) is 6.43. The highest BCUT2D eigenvalue weighted by Gasteiger charge is 2.22. The number of carbonyl (C=O) groups excluding carboxylic acids is 1. The van der Waals surface area contributed by atoms with Crippen molar-refractivity contribution in [3.63, 3.8) is 0 Å². The SMILES string of the molecule is CC1CCCC(CNC(=O)N(C)CC2CCN(C)CC2)C1. The number of nitrogens with zero attached hydrogens (tertiary/aromatic N) is 2. The molecular weight excluding hydrogens is 262 g/mol. The van der Waals surface area contributed by atoms with Crippen molar-refractivity contribution < 1.29 is 4.79 Å². The lowest BCUT2D eigenvalue weighted by molar-refractivity contribution is 0.167. The summed E-state index contributed by atoms with van der Waals surface area (Å²) in [6.07, 6.45) is 7.68. The Labute approximate surface area is 130 Å². The number of hydrogen-bond acceptors (Lipinski definition) is 2. The summed E-state index contributed by atoms with van der Waals surface area (Å²) >= 11 is 0. The first-order valence-electron chi connectivity index (χ1n) is 8.72. The van der Waals surface area contributed by atoms with E-state index in [2.05, 4.69) is 24.2 Å². The fourth-order valence-corrected chi connectivity index (χ4v) is 3.83. The second kappa shape index (κ2) is 8.02. The summed E-state index contributed by atoms with van der Waals surface area (Å²) in [6, 6.07) is 0.118. The molecule has 0 spiro atoms. The zero-order chi connectivity index (χ0) is 15.2. The quantitative estimate of drug-likeness (QED) is 0.865. The van der Waals surface area contributed by atoms with Crippen molar-refractivity contribution in [1.82, 2.24) is 15.1 Å². The molecule has 4 heteroatoms. The van der Waals surface area contributed by atoms with Crippen LogP contribution in [0.1, 0.15) is 45.4 Å². The van der Waals surface area contributed by atoms with Gasteiger partial charge in [-0.05, 0) is 63.6 Å². The molecule has 2 unspecified atom stereocenters. The Bertz CT molecular complexity index is 326. The summed E-state index contributed by atoms with van der Waals surface area (Å²) in [5, 5.41) is 3.15. The third-order valence-electron chi connectivity index (χ3n) is 5.30. The van der Waals surface area contributed by atoms with E-state index in [0.29, 0.717) is 11.8 Å². The van der Waals surface area contributed by atoms with Gasteiger partial charge < -0.3 is 15.1 Å². The van der Waals surface area contributed by atoms with Gasteiger partial charge in [0.25, 0.3) is 0 Å². The number of nitrogens with one attached hydrogen (secondary N) is 1. The minimum Gasteiger partial charge on any atom is -0.338 e. The first-order valence-corrected chi connectivity index (χ1v) is 8.72. The molecule has 2 aliphatic rings. The standard InChI is InChI=1S/C17H33N3O/c1-14-5-4-6-16(11-14)12-18-17(21)20(3)13-15-7-9-19(2)10-8-15/h14-16H,4-13H2,1-3H3,(H,18,21). The number of rotatable bonds is 4. The van der Waals surface area contributed by atoms with Gasteiger partial charge in [0.05, 0.1) is 0 Å². The Morgan fingerprint density at radius 3 is 2.57 bits per heavy atom. The average molecular weight is 295 g/mol. The molecule has 122 valence electrons. The van der Waals surface area contributed by atoms with E-state index >= 15 is 0 Å². The van der Waals surface area contributed by atoms with Gasteiger partial charge in [-0.1, -0.05) is 19.8 Å². The molecular formula is C17H33N3O. The number of piperidine rings is 1. The van der Waals surface area contributed by atoms with E-state index in [1.807, 2.05) is 11.9 Å². The summed E-state index contributed by atoms with van der Waals surface area (Å²) < 4.78 is 0. The van der Waals surface area contributed by atoms with Crippen molar-refractivity contribution in [2.45, 2.75) is 45.4 Å². The zero-order valence-corrected chi connectivity index (χ0v) is 14.1. The van der Waals surface area contributed by atoms with E-state index in [1.165, 1.54) is 51.6 Å². The van der Waals surface area contributed by atoms with Gasteiger partial charge in [-0.3, -0.25) is 0 Å². The Kier molecular flexibility index (Phi) is 6.34. The first kappa shape index (κ1) is 16.6.